The molecular formula is C30H27N3O7. The van der Waals surface area contributed by atoms with Crippen LogP contribution in [0.1, 0.15) is 19.4 Å². The van der Waals surface area contributed by atoms with Crippen LogP contribution < -0.4 is 19.8 Å². The molecule has 1 atom stereocenters. The summed E-state index contributed by atoms with van der Waals surface area (Å²) in [5, 5.41) is 5.63. The van der Waals surface area contributed by atoms with Crippen LogP contribution in [-0.2, 0) is 9.53 Å². The predicted molar refractivity (Wildman–Crippen MR) is 150 cm³/mol. The minimum absolute atomic E-state index is 0.198. The highest BCUT2D eigenvalue weighted by Gasteiger charge is 2.21. The highest BCUT2D eigenvalue weighted by atomic mass is 16.6. The van der Waals surface area contributed by atoms with Crippen molar-refractivity contribution < 1.29 is 28.2 Å². The Morgan fingerprint density at radius 1 is 1.02 bits per heavy atom. The summed E-state index contributed by atoms with van der Waals surface area (Å²) >= 11 is 0. The number of furan rings is 1. The quantitative estimate of drug-likeness (QED) is 0.188. The maximum absolute atomic E-state index is 13.7. The molecule has 10 nitrogen and oxygen atoms in total. The van der Waals surface area contributed by atoms with Crippen molar-refractivity contribution in [2.45, 2.75) is 20.0 Å². The average Bonchev–Trinajstić information content (AvgIpc) is 3.41. The van der Waals surface area contributed by atoms with Crippen molar-refractivity contribution in [2.75, 3.05) is 20.8 Å². The zero-order valence-corrected chi connectivity index (χ0v) is 22.4. The van der Waals surface area contributed by atoms with E-state index in [4.69, 9.17) is 28.3 Å². The van der Waals surface area contributed by atoms with Crippen molar-refractivity contribution in [2.24, 2.45) is 5.10 Å². The molecule has 0 radical (unpaired) electrons. The summed E-state index contributed by atoms with van der Waals surface area (Å²) < 4.78 is 29.2. The van der Waals surface area contributed by atoms with E-state index in [0.717, 1.165) is 5.39 Å². The first-order chi connectivity index (χ1) is 19.4. The van der Waals surface area contributed by atoms with Crippen LogP contribution in [-0.4, -0.2) is 48.8 Å². The summed E-state index contributed by atoms with van der Waals surface area (Å²) in [5.41, 5.74) is 1.14. The SMILES string of the molecule is CCOC(=O)[C@@H](C)Oc1c(C=Nn2c(-c3cc4c(OC)cccc4o3)nc3ccccc3c2=O)cccc1OC. The van der Waals surface area contributed by atoms with Crippen LogP contribution in [0.2, 0.25) is 0 Å². The van der Waals surface area contributed by atoms with Crippen molar-refractivity contribution in [1.82, 2.24) is 9.66 Å². The molecule has 0 aliphatic heterocycles. The molecule has 0 saturated carbocycles. The first-order valence-electron chi connectivity index (χ1n) is 12.6. The molecule has 10 heteroatoms. The number of carbonyl (C=O) groups excluding carboxylic acids is 1. The van der Waals surface area contributed by atoms with Gasteiger partial charge in [-0.2, -0.15) is 9.78 Å². The maximum atomic E-state index is 13.7. The molecule has 0 spiro atoms. The molecule has 2 aromatic heterocycles. The number of aromatic nitrogens is 2. The van der Waals surface area contributed by atoms with Gasteiger partial charge in [-0.25, -0.2) is 9.78 Å². The molecule has 0 amide bonds. The van der Waals surface area contributed by atoms with Crippen LogP contribution in [0.4, 0.5) is 0 Å². The Kier molecular flexibility index (Phi) is 7.50. The van der Waals surface area contributed by atoms with Gasteiger partial charge in [0.15, 0.2) is 23.4 Å². The predicted octanol–water partition coefficient (Wildman–Crippen LogP) is 5.04. The van der Waals surface area contributed by atoms with Crippen molar-refractivity contribution >= 4 is 34.1 Å². The minimum atomic E-state index is -0.908. The molecule has 5 aromatic rings. The monoisotopic (exact) mass is 541 g/mol. The number of methoxy groups -OCH3 is 2. The standard InChI is InChI=1S/C30H27N3O7/c1-5-38-30(35)18(2)39-27-19(10-8-15-25(27)37-4)17-31-33-28(32-22-12-7-6-11-20(22)29(33)34)26-16-21-23(36-3)13-9-14-24(21)40-26/h6-18H,5H2,1-4H3/t18-/m1/s1. The van der Waals surface area contributed by atoms with Crippen molar-refractivity contribution in [3.05, 3.63) is 82.6 Å². The topological polar surface area (TPSA) is 114 Å². The molecule has 0 unspecified atom stereocenters. The van der Waals surface area contributed by atoms with Crippen molar-refractivity contribution in [1.29, 1.82) is 0 Å². The molecule has 0 saturated heterocycles. The van der Waals surface area contributed by atoms with E-state index in [1.807, 2.05) is 12.1 Å². The van der Waals surface area contributed by atoms with E-state index in [2.05, 4.69) is 5.10 Å². The van der Waals surface area contributed by atoms with Gasteiger partial charge in [-0.3, -0.25) is 4.79 Å². The van der Waals surface area contributed by atoms with Crippen LogP contribution in [0.25, 0.3) is 33.5 Å². The summed E-state index contributed by atoms with van der Waals surface area (Å²) in [4.78, 5) is 30.6. The fourth-order valence-electron chi connectivity index (χ4n) is 4.24. The molecule has 0 aliphatic rings. The number of hydrogen-bond donors (Lipinski definition) is 0. The number of carbonyl (C=O) groups is 1. The van der Waals surface area contributed by atoms with E-state index >= 15 is 0 Å². The third-order valence-electron chi connectivity index (χ3n) is 6.17. The van der Waals surface area contributed by atoms with E-state index in [1.165, 1.54) is 18.0 Å². The van der Waals surface area contributed by atoms with E-state index in [0.29, 0.717) is 39.3 Å². The number of para-hydroxylation sites is 2. The molecule has 204 valence electrons. The van der Waals surface area contributed by atoms with Crippen molar-refractivity contribution in [3.63, 3.8) is 0 Å². The second-order valence-electron chi connectivity index (χ2n) is 8.69. The minimum Gasteiger partial charge on any atom is -0.496 e. The molecule has 0 fully saturated rings. The Morgan fingerprint density at radius 2 is 1.77 bits per heavy atom. The summed E-state index contributed by atoms with van der Waals surface area (Å²) in [7, 11) is 3.07. The molecule has 40 heavy (non-hydrogen) atoms. The van der Waals surface area contributed by atoms with Crippen molar-refractivity contribution in [3.8, 4) is 28.8 Å². The zero-order valence-electron chi connectivity index (χ0n) is 22.4. The number of esters is 1. The summed E-state index contributed by atoms with van der Waals surface area (Å²) in [5.74, 6) is 1.29. The maximum Gasteiger partial charge on any atom is 0.347 e. The first kappa shape index (κ1) is 26.5. The van der Waals surface area contributed by atoms with Gasteiger partial charge in [-0.1, -0.05) is 24.3 Å². The lowest BCUT2D eigenvalue weighted by atomic mass is 10.2. The Hall–Kier alpha value is -5.12. The lowest BCUT2D eigenvalue weighted by Crippen LogP contribution is -2.26. The van der Waals surface area contributed by atoms with Crippen LogP contribution in [0.3, 0.4) is 0 Å². The van der Waals surface area contributed by atoms with Crippen LogP contribution in [0.5, 0.6) is 17.2 Å². The molecule has 0 N–H and O–H groups in total. The second kappa shape index (κ2) is 11.3. The highest BCUT2D eigenvalue weighted by Crippen LogP contribution is 2.34. The number of rotatable bonds is 9. The number of hydrogen-bond acceptors (Lipinski definition) is 9. The van der Waals surface area contributed by atoms with E-state index in [9.17, 15) is 9.59 Å². The fraction of sp³-hybridized carbons (Fsp3) is 0.200. The molecule has 3 aromatic carbocycles. The van der Waals surface area contributed by atoms with Crippen LogP contribution in [0, 0.1) is 0 Å². The molecule has 2 heterocycles. The number of fused-ring (bicyclic) bond motifs is 2. The molecule has 5 rings (SSSR count). The van der Waals surface area contributed by atoms with Gasteiger partial charge in [0.1, 0.15) is 11.3 Å². The molecule has 0 bridgehead atoms. The van der Waals surface area contributed by atoms with Gasteiger partial charge in [0.05, 0.1) is 43.3 Å². The van der Waals surface area contributed by atoms with Crippen LogP contribution in [0.15, 0.2) is 81.0 Å². The number of benzene rings is 3. The van der Waals surface area contributed by atoms with E-state index in [-0.39, 0.29) is 18.2 Å². The normalized spacial score (nSPS) is 12.1. The zero-order chi connectivity index (χ0) is 28.2. The third kappa shape index (κ3) is 4.98. The molecular weight excluding hydrogens is 514 g/mol. The summed E-state index contributed by atoms with van der Waals surface area (Å²) in [6.45, 7) is 3.52. The van der Waals surface area contributed by atoms with Gasteiger partial charge in [-0.15, -0.1) is 0 Å². The average molecular weight is 542 g/mol. The number of ether oxygens (including phenoxy) is 4. The summed E-state index contributed by atoms with van der Waals surface area (Å²) in [6, 6.07) is 19.4. The lowest BCUT2D eigenvalue weighted by molar-refractivity contribution is -0.150. The highest BCUT2D eigenvalue weighted by molar-refractivity contribution is 5.89. The smallest absolute Gasteiger partial charge is 0.347 e. The Morgan fingerprint density at radius 3 is 2.55 bits per heavy atom. The Bertz CT molecular complexity index is 1790. The van der Waals surface area contributed by atoms with E-state index in [1.54, 1.807) is 75.6 Å². The second-order valence-corrected chi connectivity index (χ2v) is 8.69. The number of nitrogens with zero attached hydrogens (tertiary/aromatic N) is 3. The van der Waals surface area contributed by atoms with Gasteiger partial charge in [-0.05, 0) is 56.3 Å². The third-order valence-corrected chi connectivity index (χ3v) is 6.17. The van der Waals surface area contributed by atoms with Gasteiger partial charge < -0.3 is 23.4 Å². The first-order valence-corrected chi connectivity index (χ1v) is 12.6. The molecule has 0 aliphatic carbocycles. The Labute approximate surface area is 229 Å². The van der Waals surface area contributed by atoms with Gasteiger partial charge in [0.25, 0.3) is 5.56 Å². The lowest BCUT2D eigenvalue weighted by Gasteiger charge is -2.17. The van der Waals surface area contributed by atoms with E-state index < -0.39 is 17.6 Å². The van der Waals surface area contributed by atoms with Gasteiger partial charge >= 0.3 is 5.97 Å². The summed E-state index contributed by atoms with van der Waals surface area (Å²) in [6.07, 6.45) is 0.537. The van der Waals surface area contributed by atoms with Crippen LogP contribution >= 0.6 is 0 Å². The van der Waals surface area contributed by atoms with Gasteiger partial charge in [0.2, 0.25) is 5.82 Å². The largest absolute Gasteiger partial charge is 0.496 e. The van der Waals surface area contributed by atoms with Gasteiger partial charge in [0, 0.05) is 5.56 Å². The fourth-order valence-corrected chi connectivity index (χ4v) is 4.24. The Balaban J connectivity index is 1.65.